The van der Waals surface area contributed by atoms with Crippen molar-refractivity contribution in [3.8, 4) is 11.6 Å². The zero-order chi connectivity index (χ0) is 23.8. The summed E-state index contributed by atoms with van der Waals surface area (Å²) in [5.74, 6) is 1.17. The third-order valence-electron chi connectivity index (χ3n) is 6.12. The van der Waals surface area contributed by atoms with Crippen LogP contribution in [0.3, 0.4) is 0 Å². The van der Waals surface area contributed by atoms with Crippen LogP contribution in [0.25, 0.3) is 28.3 Å². The molecule has 2 N–H and O–H groups in total. The zero-order valence-corrected chi connectivity index (χ0v) is 19.1. The normalized spacial score (nSPS) is 15.1. The predicted molar refractivity (Wildman–Crippen MR) is 127 cm³/mol. The Morgan fingerprint density at radius 1 is 1.14 bits per heavy atom. The molecule has 1 aliphatic heterocycles. The molecular formula is C23H24N10O2. The van der Waals surface area contributed by atoms with Crippen LogP contribution in [0.2, 0.25) is 0 Å². The Morgan fingerprint density at radius 2 is 1.97 bits per heavy atom. The van der Waals surface area contributed by atoms with Crippen LogP contribution in [0.15, 0.2) is 53.5 Å². The second kappa shape index (κ2) is 8.80. The molecule has 6 rings (SSSR count). The minimum atomic E-state index is -0.336. The summed E-state index contributed by atoms with van der Waals surface area (Å²) in [6.45, 7) is 2.70. The molecule has 1 saturated heterocycles. The van der Waals surface area contributed by atoms with Gasteiger partial charge in [-0.05, 0) is 42.7 Å². The van der Waals surface area contributed by atoms with Gasteiger partial charge in [-0.3, -0.25) is 19.9 Å². The van der Waals surface area contributed by atoms with Gasteiger partial charge in [0.1, 0.15) is 0 Å². The number of urea groups is 1. The van der Waals surface area contributed by atoms with Crippen molar-refractivity contribution in [2.45, 2.75) is 25.4 Å². The quantitative estimate of drug-likeness (QED) is 0.399. The van der Waals surface area contributed by atoms with Gasteiger partial charge in [0.05, 0.1) is 11.6 Å². The number of piperidine rings is 1. The van der Waals surface area contributed by atoms with Gasteiger partial charge in [0.25, 0.3) is 0 Å². The van der Waals surface area contributed by atoms with Gasteiger partial charge < -0.3 is 9.73 Å². The van der Waals surface area contributed by atoms with E-state index in [1.54, 1.807) is 23.1 Å². The number of aromatic nitrogens is 7. The highest BCUT2D eigenvalue weighted by Gasteiger charge is 2.23. The fourth-order valence-electron chi connectivity index (χ4n) is 4.39. The average Bonchev–Trinajstić information content (AvgIpc) is 3.60. The van der Waals surface area contributed by atoms with E-state index >= 15 is 0 Å². The highest BCUT2D eigenvalue weighted by atomic mass is 16.3. The molecule has 0 unspecified atom stereocenters. The number of amides is 2. The van der Waals surface area contributed by atoms with Crippen molar-refractivity contribution in [1.82, 2.24) is 44.6 Å². The van der Waals surface area contributed by atoms with Crippen LogP contribution in [0.5, 0.6) is 0 Å². The number of furan rings is 1. The highest BCUT2D eigenvalue weighted by Crippen LogP contribution is 2.24. The minimum absolute atomic E-state index is 0.0761. The van der Waals surface area contributed by atoms with Gasteiger partial charge >= 0.3 is 6.03 Å². The summed E-state index contributed by atoms with van der Waals surface area (Å²) in [6.07, 6.45) is 8.75. The number of likely N-dealkylation sites (tertiary alicyclic amines) is 1. The lowest BCUT2D eigenvalue weighted by molar-refractivity contribution is 0.189. The number of aryl methyl sites for hydroxylation is 1. The summed E-state index contributed by atoms with van der Waals surface area (Å²) >= 11 is 0. The van der Waals surface area contributed by atoms with Gasteiger partial charge in [-0.2, -0.15) is 14.6 Å². The summed E-state index contributed by atoms with van der Waals surface area (Å²) in [7, 11) is 1.81. The molecule has 0 spiro atoms. The van der Waals surface area contributed by atoms with E-state index in [0.717, 1.165) is 37.9 Å². The van der Waals surface area contributed by atoms with E-state index in [0.29, 0.717) is 22.9 Å². The van der Waals surface area contributed by atoms with Gasteiger partial charge in [-0.15, -0.1) is 5.10 Å². The third kappa shape index (κ3) is 4.30. The summed E-state index contributed by atoms with van der Waals surface area (Å²) in [4.78, 5) is 28.5. The van der Waals surface area contributed by atoms with Gasteiger partial charge in [-0.1, -0.05) is 0 Å². The van der Waals surface area contributed by atoms with Crippen molar-refractivity contribution in [3.05, 3.63) is 54.7 Å². The maximum Gasteiger partial charge on any atom is 0.321 e. The maximum atomic E-state index is 12.9. The van der Waals surface area contributed by atoms with Crippen molar-refractivity contribution in [1.29, 1.82) is 0 Å². The second-order valence-electron chi connectivity index (χ2n) is 8.63. The molecule has 2 amide bonds. The maximum absolute atomic E-state index is 12.9. The second-order valence-corrected chi connectivity index (χ2v) is 8.63. The number of hydrogen-bond donors (Lipinski definition) is 2. The van der Waals surface area contributed by atoms with E-state index in [-0.39, 0.29) is 18.0 Å². The molecule has 0 aliphatic carbocycles. The number of rotatable bonds is 5. The molecule has 0 aromatic carbocycles. The summed E-state index contributed by atoms with van der Waals surface area (Å²) in [5.41, 5.74) is 2.25. The highest BCUT2D eigenvalue weighted by molar-refractivity contribution is 5.93. The van der Waals surface area contributed by atoms with Crippen molar-refractivity contribution in [2.24, 2.45) is 7.05 Å². The molecule has 5 aromatic rings. The number of nitrogens with zero attached hydrogens (tertiary/aromatic N) is 8. The smallest absolute Gasteiger partial charge is 0.321 e. The summed E-state index contributed by atoms with van der Waals surface area (Å²) < 4.78 is 8.62. The largest absolute Gasteiger partial charge is 0.461 e. The number of anilines is 1. The summed E-state index contributed by atoms with van der Waals surface area (Å²) in [5, 5.41) is 15.5. The van der Waals surface area contributed by atoms with Crippen molar-refractivity contribution >= 4 is 28.7 Å². The van der Waals surface area contributed by atoms with E-state index in [2.05, 4.69) is 40.7 Å². The molecule has 5 aromatic heterocycles. The lowest BCUT2D eigenvalue weighted by Gasteiger charge is -2.32. The molecular weight excluding hydrogens is 448 g/mol. The van der Waals surface area contributed by atoms with Crippen LogP contribution in [0, 0.1) is 0 Å². The van der Waals surface area contributed by atoms with Gasteiger partial charge in [-0.25, -0.2) is 9.78 Å². The Morgan fingerprint density at radius 3 is 2.74 bits per heavy atom. The number of hydrogen-bond acceptors (Lipinski definition) is 8. The molecule has 1 aliphatic rings. The van der Waals surface area contributed by atoms with Crippen LogP contribution in [0.4, 0.5) is 10.7 Å². The van der Waals surface area contributed by atoms with E-state index in [4.69, 9.17) is 4.42 Å². The Hall–Kier alpha value is -4.32. The first-order valence-electron chi connectivity index (χ1n) is 11.5. The number of carbonyl (C=O) groups excluding carboxylic acids is 1. The van der Waals surface area contributed by atoms with Gasteiger partial charge in [0.15, 0.2) is 17.1 Å². The number of pyridine rings is 1. The number of carbonyl (C=O) groups is 1. The van der Waals surface area contributed by atoms with E-state index < -0.39 is 0 Å². The van der Waals surface area contributed by atoms with Crippen LogP contribution in [-0.2, 0) is 13.6 Å². The first kappa shape index (κ1) is 21.2. The number of fused-ring (bicyclic) bond motifs is 3. The van der Waals surface area contributed by atoms with E-state index in [1.165, 1.54) is 10.1 Å². The average molecular weight is 473 g/mol. The minimum Gasteiger partial charge on any atom is -0.461 e. The van der Waals surface area contributed by atoms with Gasteiger partial charge in [0.2, 0.25) is 11.8 Å². The molecule has 12 heteroatoms. The van der Waals surface area contributed by atoms with E-state index in [1.807, 2.05) is 37.8 Å². The Bertz CT molecular complexity index is 1470. The Labute approximate surface area is 200 Å². The molecule has 1 fully saturated rings. The standard InChI is InChI=1S/C23H24N10O2/c1-31-14-17-19(29-31)27-22(33-21(17)26-20(30-33)18-3-2-12-35-18)28-23(34)25-16-6-10-32(11-7-16)13-15-4-8-24-9-5-15/h2-5,8-9,12,14,16H,6-7,10-11,13H2,1H3,(H2,25,27,28,29,34). The zero-order valence-electron chi connectivity index (χ0n) is 19.1. The van der Waals surface area contributed by atoms with Crippen molar-refractivity contribution < 1.29 is 9.21 Å². The lowest BCUT2D eigenvalue weighted by Crippen LogP contribution is -2.45. The molecule has 0 radical (unpaired) electrons. The SMILES string of the molecule is Cn1cc2c(nc(NC(=O)NC3CCN(Cc4ccncc4)CC3)n3nc(-c4ccco4)nc23)n1. The van der Waals surface area contributed by atoms with Crippen molar-refractivity contribution in [3.63, 3.8) is 0 Å². The predicted octanol–water partition coefficient (Wildman–Crippen LogP) is 2.45. The Balaban J connectivity index is 1.17. The Kier molecular flexibility index (Phi) is 5.34. The fraction of sp³-hybridized carbons (Fsp3) is 0.304. The van der Waals surface area contributed by atoms with Crippen molar-refractivity contribution in [2.75, 3.05) is 18.4 Å². The lowest BCUT2D eigenvalue weighted by atomic mass is 10.0. The molecule has 12 nitrogen and oxygen atoms in total. The topological polar surface area (TPSA) is 131 Å². The van der Waals surface area contributed by atoms with Crippen LogP contribution in [0.1, 0.15) is 18.4 Å². The van der Waals surface area contributed by atoms with Crippen LogP contribution < -0.4 is 10.6 Å². The monoisotopic (exact) mass is 472 g/mol. The first-order chi connectivity index (χ1) is 17.1. The molecule has 6 heterocycles. The van der Waals surface area contributed by atoms with E-state index in [9.17, 15) is 4.79 Å². The first-order valence-corrected chi connectivity index (χ1v) is 11.5. The molecule has 0 atom stereocenters. The van der Waals surface area contributed by atoms with Crippen LogP contribution in [-0.4, -0.2) is 64.4 Å². The van der Waals surface area contributed by atoms with Gasteiger partial charge in [0, 0.05) is 51.3 Å². The molecule has 0 saturated carbocycles. The molecule has 0 bridgehead atoms. The number of nitrogens with one attached hydrogen (secondary N) is 2. The third-order valence-corrected chi connectivity index (χ3v) is 6.12. The summed E-state index contributed by atoms with van der Waals surface area (Å²) in [6, 6.07) is 7.36. The fourth-order valence-corrected chi connectivity index (χ4v) is 4.39. The molecule has 178 valence electrons. The molecule has 35 heavy (non-hydrogen) atoms. The van der Waals surface area contributed by atoms with Crippen LogP contribution >= 0.6 is 0 Å².